The molecule has 0 aliphatic carbocycles. The molecule has 5 nitrogen and oxygen atoms in total. The summed E-state index contributed by atoms with van der Waals surface area (Å²) in [4.78, 5) is 26.9. The topological polar surface area (TPSA) is 58.6 Å². The van der Waals surface area contributed by atoms with Crippen LogP contribution in [0.5, 0.6) is 5.75 Å². The first-order valence-corrected chi connectivity index (χ1v) is 11.3. The van der Waals surface area contributed by atoms with E-state index in [9.17, 15) is 9.59 Å². The number of ether oxygens (including phenoxy) is 1. The molecule has 0 aliphatic rings. The molecule has 3 rings (SSSR count). The molecule has 0 radical (unpaired) electrons. The second-order valence-electron chi connectivity index (χ2n) is 6.83. The van der Waals surface area contributed by atoms with E-state index >= 15 is 0 Å². The first-order chi connectivity index (χ1) is 14.9. The fraction of sp³-hybridized carbons (Fsp3) is 0.167. The van der Waals surface area contributed by atoms with Crippen LogP contribution in [0.4, 0.5) is 11.4 Å². The Morgan fingerprint density at radius 3 is 2.29 bits per heavy atom. The van der Waals surface area contributed by atoms with Gasteiger partial charge in [-0.15, -0.1) is 0 Å². The molecular weight excluding hydrogens is 524 g/mol. The summed E-state index contributed by atoms with van der Waals surface area (Å²) in [5, 5.41) is 2.79. The van der Waals surface area contributed by atoms with Crippen LogP contribution in [0.3, 0.4) is 0 Å². The molecule has 0 saturated carbocycles. The summed E-state index contributed by atoms with van der Waals surface area (Å²) in [6.07, 6.45) is 0. The highest BCUT2D eigenvalue weighted by Gasteiger charge is 2.16. The van der Waals surface area contributed by atoms with Gasteiger partial charge >= 0.3 is 0 Å². The fourth-order valence-corrected chi connectivity index (χ4v) is 4.66. The Morgan fingerprint density at radius 1 is 1.00 bits per heavy atom. The highest BCUT2D eigenvalue weighted by Crippen LogP contribution is 2.32. The first-order valence-electron chi connectivity index (χ1n) is 9.74. The average Bonchev–Trinajstić information content (AvgIpc) is 2.74. The highest BCUT2D eigenvalue weighted by atomic mass is 79.9. The molecule has 0 aromatic heterocycles. The van der Waals surface area contributed by atoms with Crippen LogP contribution in [-0.2, 0) is 4.79 Å². The summed E-state index contributed by atoms with van der Waals surface area (Å²) in [5.74, 6) is 0.248. The molecule has 0 fully saturated rings. The van der Waals surface area contributed by atoms with Crippen molar-refractivity contribution < 1.29 is 14.3 Å². The molecule has 0 atom stereocenters. The molecule has 0 heterocycles. The molecule has 0 saturated heterocycles. The summed E-state index contributed by atoms with van der Waals surface area (Å²) in [7, 11) is 0. The molecule has 0 unspecified atom stereocenters. The van der Waals surface area contributed by atoms with Gasteiger partial charge in [0.2, 0.25) is 0 Å². The number of rotatable bonds is 7. The van der Waals surface area contributed by atoms with Crippen LogP contribution in [0.15, 0.2) is 75.7 Å². The van der Waals surface area contributed by atoms with Gasteiger partial charge in [0.25, 0.3) is 11.8 Å². The minimum atomic E-state index is -0.284. The SMILES string of the molecule is CCN(C(=O)c1ccc(NC(=O)COc2c(C)cc(Br)cc2Br)cc1)c1ccccc1. The first kappa shape index (κ1) is 23.0. The van der Waals surface area contributed by atoms with E-state index in [0.717, 1.165) is 20.2 Å². The summed E-state index contributed by atoms with van der Waals surface area (Å²) in [6, 6.07) is 20.2. The molecule has 0 spiro atoms. The highest BCUT2D eigenvalue weighted by molar-refractivity contribution is 9.11. The van der Waals surface area contributed by atoms with E-state index in [0.29, 0.717) is 23.5 Å². The number of carbonyl (C=O) groups excluding carboxylic acids is 2. The number of halogens is 2. The zero-order valence-corrected chi connectivity index (χ0v) is 20.4. The van der Waals surface area contributed by atoms with Crippen molar-refractivity contribution in [3.8, 4) is 5.75 Å². The maximum absolute atomic E-state index is 12.9. The van der Waals surface area contributed by atoms with Gasteiger partial charge in [-0.1, -0.05) is 34.1 Å². The summed E-state index contributed by atoms with van der Waals surface area (Å²) in [5.41, 5.74) is 2.91. The van der Waals surface area contributed by atoms with Crippen molar-refractivity contribution >= 4 is 55.0 Å². The second-order valence-corrected chi connectivity index (χ2v) is 8.60. The fourth-order valence-electron chi connectivity index (χ4n) is 3.11. The minimum absolute atomic E-state index is 0.0922. The summed E-state index contributed by atoms with van der Waals surface area (Å²) in [6.45, 7) is 4.28. The number of nitrogens with one attached hydrogen (secondary N) is 1. The Labute approximate surface area is 198 Å². The van der Waals surface area contributed by atoms with Crippen LogP contribution < -0.4 is 15.0 Å². The zero-order valence-electron chi connectivity index (χ0n) is 17.2. The predicted molar refractivity (Wildman–Crippen MR) is 131 cm³/mol. The Bertz CT molecular complexity index is 1050. The van der Waals surface area contributed by atoms with Crippen LogP contribution >= 0.6 is 31.9 Å². The average molecular weight is 546 g/mol. The lowest BCUT2D eigenvalue weighted by Crippen LogP contribution is -2.30. The zero-order chi connectivity index (χ0) is 22.4. The van der Waals surface area contributed by atoms with Gasteiger partial charge in [0.05, 0.1) is 4.47 Å². The van der Waals surface area contributed by atoms with Crippen molar-refractivity contribution in [1.29, 1.82) is 0 Å². The normalized spacial score (nSPS) is 10.5. The maximum atomic E-state index is 12.9. The monoisotopic (exact) mass is 544 g/mol. The van der Waals surface area contributed by atoms with Gasteiger partial charge in [0.15, 0.2) is 6.61 Å². The molecule has 0 aliphatic heterocycles. The Morgan fingerprint density at radius 2 is 1.68 bits per heavy atom. The van der Waals surface area contributed by atoms with E-state index in [1.165, 1.54) is 0 Å². The van der Waals surface area contributed by atoms with Gasteiger partial charge in [-0.3, -0.25) is 9.59 Å². The number of aryl methyl sites for hydroxylation is 1. The van der Waals surface area contributed by atoms with E-state index in [2.05, 4.69) is 37.2 Å². The standard InChI is InChI=1S/C24H22Br2N2O3/c1-3-28(20-7-5-4-6-8-20)24(30)17-9-11-19(12-10-17)27-22(29)15-31-23-16(2)13-18(25)14-21(23)26/h4-14H,3,15H2,1-2H3,(H,27,29). The molecule has 7 heteroatoms. The number of hydrogen-bond donors (Lipinski definition) is 1. The quantitative estimate of drug-likeness (QED) is 0.384. The van der Waals surface area contributed by atoms with Crippen molar-refractivity contribution in [2.75, 3.05) is 23.4 Å². The Kier molecular flexibility index (Phi) is 7.87. The van der Waals surface area contributed by atoms with Crippen LogP contribution in [0.25, 0.3) is 0 Å². The van der Waals surface area contributed by atoms with Crippen LogP contribution in [0.1, 0.15) is 22.8 Å². The Hall–Kier alpha value is -2.64. The third-order valence-corrected chi connectivity index (χ3v) is 5.63. The van der Waals surface area contributed by atoms with Crippen LogP contribution in [0, 0.1) is 6.92 Å². The van der Waals surface area contributed by atoms with Crippen molar-refractivity contribution in [2.45, 2.75) is 13.8 Å². The summed E-state index contributed by atoms with van der Waals surface area (Å²) >= 11 is 6.87. The van der Waals surface area contributed by atoms with Crippen molar-refractivity contribution in [3.63, 3.8) is 0 Å². The number of anilines is 2. The number of benzene rings is 3. The van der Waals surface area contributed by atoms with Gasteiger partial charge < -0.3 is 15.0 Å². The van der Waals surface area contributed by atoms with E-state index in [1.54, 1.807) is 29.2 Å². The number of nitrogens with zero attached hydrogens (tertiary/aromatic N) is 1. The molecule has 3 aromatic rings. The van der Waals surface area contributed by atoms with Gasteiger partial charge in [0, 0.05) is 28.0 Å². The van der Waals surface area contributed by atoms with E-state index < -0.39 is 0 Å². The van der Waals surface area contributed by atoms with Crippen molar-refractivity contribution in [1.82, 2.24) is 0 Å². The maximum Gasteiger partial charge on any atom is 0.262 e. The smallest absolute Gasteiger partial charge is 0.262 e. The molecule has 0 bridgehead atoms. The van der Waals surface area contributed by atoms with Crippen molar-refractivity contribution in [2.24, 2.45) is 0 Å². The predicted octanol–water partition coefficient (Wildman–Crippen LogP) is 6.20. The Balaban J connectivity index is 1.61. The molecule has 1 N–H and O–H groups in total. The molecule has 160 valence electrons. The molecule has 3 aromatic carbocycles. The molecular formula is C24H22Br2N2O3. The van der Waals surface area contributed by atoms with Crippen LogP contribution in [0.2, 0.25) is 0 Å². The number of amides is 2. The largest absolute Gasteiger partial charge is 0.482 e. The van der Waals surface area contributed by atoms with Gasteiger partial charge in [-0.05, 0) is 83.9 Å². The third-order valence-electron chi connectivity index (χ3n) is 4.59. The third kappa shape index (κ3) is 5.95. The minimum Gasteiger partial charge on any atom is -0.482 e. The number of hydrogen-bond acceptors (Lipinski definition) is 3. The summed E-state index contributed by atoms with van der Waals surface area (Å²) < 4.78 is 7.37. The van der Waals surface area contributed by atoms with Gasteiger partial charge in [-0.2, -0.15) is 0 Å². The number of carbonyl (C=O) groups is 2. The van der Waals surface area contributed by atoms with E-state index in [4.69, 9.17) is 4.74 Å². The van der Waals surface area contributed by atoms with Gasteiger partial charge in [0.1, 0.15) is 5.75 Å². The van der Waals surface area contributed by atoms with Crippen molar-refractivity contribution in [3.05, 3.63) is 86.8 Å². The lowest BCUT2D eigenvalue weighted by atomic mass is 10.1. The molecule has 2 amide bonds. The van der Waals surface area contributed by atoms with E-state index in [1.807, 2.05) is 56.3 Å². The molecule has 31 heavy (non-hydrogen) atoms. The number of para-hydroxylation sites is 1. The van der Waals surface area contributed by atoms with E-state index in [-0.39, 0.29) is 18.4 Å². The second kappa shape index (κ2) is 10.6. The lowest BCUT2D eigenvalue weighted by molar-refractivity contribution is -0.118. The van der Waals surface area contributed by atoms with Gasteiger partial charge in [-0.25, -0.2) is 0 Å². The van der Waals surface area contributed by atoms with Crippen LogP contribution in [-0.4, -0.2) is 25.0 Å². The lowest BCUT2D eigenvalue weighted by Gasteiger charge is -2.21.